The molecule has 2 fully saturated rings. The lowest BCUT2D eigenvalue weighted by Gasteiger charge is -2.39. The number of amides is 1. The SMILES string of the molecule is CC1CN(CCC(C)(NC2CC2)C(N)=O)CCN1C. The predicted molar refractivity (Wildman–Crippen MR) is 76.9 cm³/mol. The zero-order chi connectivity index (χ0) is 14.0. The van der Waals surface area contributed by atoms with Crippen molar-refractivity contribution in [1.82, 2.24) is 15.1 Å². The van der Waals surface area contributed by atoms with E-state index in [0.29, 0.717) is 12.1 Å². The van der Waals surface area contributed by atoms with Crippen molar-refractivity contribution in [1.29, 1.82) is 0 Å². The number of hydrogen-bond acceptors (Lipinski definition) is 4. The molecule has 5 heteroatoms. The molecule has 1 aliphatic heterocycles. The number of likely N-dealkylation sites (N-methyl/N-ethyl adjacent to an activating group) is 1. The maximum Gasteiger partial charge on any atom is 0.237 e. The van der Waals surface area contributed by atoms with E-state index < -0.39 is 5.54 Å². The van der Waals surface area contributed by atoms with Gasteiger partial charge in [-0.1, -0.05) is 0 Å². The molecular formula is C14H28N4O. The molecule has 0 aromatic carbocycles. The third kappa shape index (κ3) is 3.91. The molecule has 110 valence electrons. The molecule has 19 heavy (non-hydrogen) atoms. The fourth-order valence-corrected chi connectivity index (χ4v) is 2.65. The largest absolute Gasteiger partial charge is 0.368 e. The Hall–Kier alpha value is -0.650. The Labute approximate surface area is 116 Å². The molecule has 2 atom stereocenters. The van der Waals surface area contributed by atoms with Crippen molar-refractivity contribution in [3.05, 3.63) is 0 Å². The molecule has 0 aromatic heterocycles. The number of carbonyl (C=O) groups is 1. The fourth-order valence-electron chi connectivity index (χ4n) is 2.65. The summed E-state index contributed by atoms with van der Waals surface area (Å²) in [5.41, 5.74) is 5.04. The Morgan fingerprint density at radius 1 is 1.42 bits per heavy atom. The van der Waals surface area contributed by atoms with Gasteiger partial charge in [0.2, 0.25) is 5.91 Å². The van der Waals surface area contributed by atoms with Crippen LogP contribution in [0.3, 0.4) is 0 Å². The van der Waals surface area contributed by atoms with E-state index in [0.717, 1.165) is 32.6 Å². The Bertz CT molecular complexity index is 331. The monoisotopic (exact) mass is 268 g/mol. The number of rotatable bonds is 6. The lowest BCUT2D eigenvalue weighted by Crippen LogP contribution is -2.57. The second-order valence-corrected chi connectivity index (χ2v) is 6.50. The van der Waals surface area contributed by atoms with E-state index in [-0.39, 0.29) is 5.91 Å². The van der Waals surface area contributed by atoms with Gasteiger partial charge in [0.05, 0.1) is 5.54 Å². The Kier molecular flexibility index (Phi) is 4.48. The quantitative estimate of drug-likeness (QED) is 0.712. The van der Waals surface area contributed by atoms with Gasteiger partial charge in [0.25, 0.3) is 0 Å². The lowest BCUT2D eigenvalue weighted by atomic mass is 9.96. The first-order valence-corrected chi connectivity index (χ1v) is 7.41. The lowest BCUT2D eigenvalue weighted by molar-refractivity contribution is -0.124. The van der Waals surface area contributed by atoms with Gasteiger partial charge >= 0.3 is 0 Å². The Morgan fingerprint density at radius 3 is 2.63 bits per heavy atom. The molecule has 1 amide bonds. The van der Waals surface area contributed by atoms with Crippen LogP contribution in [-0.4, -0.2) is 66.6 Å². The Balaban J connectivity index is 1.83. The van der Waals surface area contributed by atoms with E-state index in [4.69, 9.17) is 5.73 Å². The summed E-state index contributed by atoms with van der Waals surface area (Å²) in [6.07, 6.45) is 3.15. The standard InChI is InChI=1S/C14H28N4O/c1-11-10-18(9-8-17(11)3)7-6-14(2,13(15)19)16-12-4-5-12/h11-12,16H,4-10H2,1-3H3,(H2,15,19). The number of carbonyl (C=O) groups excluding carboxylic acids is 1. The molecule has 1 saturated carbocycles. The predicted octanol–water partition coefficient (Wildman–Crippen LogP) is 0.00840. The van der Waals surface area contributed by atoms with Crippen molar-refractivity contribution in [2.75, 3.05) is 33.2 Å². The molecule has 1 heterocycles. The number of hydrogen-bond donors (Lipinski definition) is 2. The van der Waals surface area contributed by atoms with Crippen molar-refractivity contribution in [3.8, 4) is 0 Å². The van der Waals surface area contributed by atoms with E-state index in [2.05, 4.69) is 29.1 Å². The van der Waals surface area contributed by atoms with Crippen LogP contribution in [0.15, 0.2) is 0 Å². The summed E-state index contributed by atoms with van der Waals surface area (Å²) in [6, 6.07) is 1.09. The van der Waals surface area contributed by atoms with E-state index in [1.54, 1.807) is 0 Å². The molecule has 0 spiro atoms. The number of nitrogens with zero attached hydrogens (tertiary/aromatic N) is 2. The fraction of sp³-hybridized carbons (Fsp3) is 0.929. The van der Waals surface area contributed by atoms with Gasteiger partial charge < -0.3 is 20.9 Å². The first kappa shape index (κ1) is 14.8. The number of nitrogens with two attached hydrogens (primary N) is 1. The zero-order valence-electron chi connectivity index (χ0n) is 12.5. The van der Waals surface area contributed by atoms with Crippen LogP contribution >= 0.6 is 0 Å². The van der Waals surface area contributed by atoms with E-state index in [1.807, 2.05) is 6.92 Å². The maximum atomic E-state index is 11.7. The summed E-state index contributed by atoms with van der Waals surface area (Å²) in [6.45, 7) is 8.41. The molecule has 5 nitrogen and oxygen atoms in total. The summed E-state index contributed by atoms with van der Waals surface area (Å²) < 4.78 is 0. The van der Waals surface area contributed by atoms with Crippen molar-refractivity contribution < 1.29 is 4.79 Å². The molecule has 0 bridgehead atoms. The van der Waals surface area contributed by atoms with E-state index in [1.165, 1.54) is 12.8 Å². The minimum atomic E-state index is -0.548. The number of nitrogens with one attached hydrogen (secondary N) is 1. The molecular weight excluding hydrogens is 240 g/mol. The van der Waals surface area contributed by atoms with Crippen molar-refractivity contribution in [2.45, 2.75) is 50.7 Å². The van der Waals surface area contributed by atoms with Crippen LogP contribution in [0.5, 0.6) is 0 Å². The van der Waals surface area contributed by atoms with Gasteiger partial charge in [-0.25, -0.2) is 0 Å². The first-order chi connectivity index (χ1) is 8.90. The molecule has 1 aliphatic carbocycles. The van der Waals surface area contributed by atoms with Crippen LogP contribution in [0.2, 0.25) is 0 Å². The smallest absolute Gasteiger partial charge is 0.237 e. The zero-order valence-corrected chi connectivity index (χ0v) is 12.5. The van der Waals surface area contributed by atoms with E-state index in [9.17, 15) is 4.79 Å². The van der Waals surface area contributed by atoms with Gasteiger partial charge in [0.15, 0.2) is 0 Å². The van der Waals surface area contributed by atoms with Gasteiger partial charge in [-0.3, -0.25) is 4.79 Å². The second kappa shape index (κ2) is 5.77. The Morgan fingerprint density at radius 2 is 2.11 bits per heavy atom. The van der Waals surface area contributed by atoms with Crippen molar-refractivity contribution >= 4 is 5.91 Å². The summed E-state index contributed by atoms with van der Waals surface area (Å²) in [7, 11) is 2.17. The van der Waals surface area contributed by atoms with Gasteiger partial charge in [0.1, 0.15) is 0 Å². The summed E-state index contributed by atoms with van der Waals surface area (Å²) in [5.74, 6) is -0.221. The third-order valence-corrected chi connectivity index (χ3v) is 4.62. The highest BCUT2D eigenvalue weighted by atomic mass is 16.1. The second-order valence-electron chi connectivity index (χ2n) is 6.50. The maximum absolute atomic E-state index is 11.7. The summed E-state index contributed by atoms with van der Waals surface area (Å²) in [4.78, 5) is 16.5. The average Bonchev–Trinajstić information content (AvgIpc) is 3.14. The molecule has 1 saturated heterocycles. The number of primary amides is 1. The molecule has 2 unspecified atom stereocenters. The minimum absolute atomic E-state index is 0.221. The highest BCUT2D eigenvalue weighted by Gasteiger charge is 2.37. The van der Waals surface area contributed by atoms with Gasteiger partial charge in [-0.15, -0.1) is 0 Å². The van der Waals surface area contributed by atoms with Gasteiger partial charge in [-0.2, -0.15) is 0 Å². The van der Waals surface area contributed by atoms with Crippen LogP contribution in [0, 0.1) is 0 Å². The highest BCUT2D eigenvalue weighted by molar-refractivity contribution is 5.84. The van der Waals surface area contributed by atoms with Crippen LogP contribution in [0.25, 0.3) is 0 Å². The molecule has 2 aliphatic rings. The molecule has 0 aromatic rings. The van der Waals surface area contributed by atoms with Gasteiger partial charge in [0, 0.05) is 38.3 Å². The molecule has 3 N–H and O–H groups in total. The highest BCUT2D eigenvalue weighted by Crippen LogP contribution is 2.24. The average molecular weight is 268 g/mol. The topological polar surface area (TPSA) is 61.6 Å². The first-order valence-electron chi connectivity index (χ1n) is 7.41. The summed E-state index contributed by atoms with van der Waals surface area (Å²) >= 11 is 0. The molecule has 0 radical (unpaired) electrons. The number of piperazine rings is 1. The van der Waals surface area contributed by atoms with Crippen molar-refractivity contribution in [2.24, 2.45) is 5.73 Å². The third-order valence-electron chi connectivity index (χ3n) is 4.62. The van der Waals surface area contributed by atoms with Crippen LogP contribution in [0.4, 0.5) is 0 Å². The van der Waals surface area contributed by atoms with Crippen molar-refractivity contribution in [3.63, 3.8) is 0 Å². The van der Waals surface area contributed by atoms with Crippen LogP contribution in [-0.2, 0) is 4.79 Å². The normalized spacial score (nSPS) is 29.1. The van der Waals surface area contributed by atoms with Crippen LogP contribution in [0.1, 0.15) is 33.1 Å². The van der Waals surface area contributed by atoms with E-state index >= 15 is 0 Å². The van der Waals surface area contributed by atoms with Gasteiger partial charge in [-0.05, 0) is 40.2 Å². The molecule has 2 rings (SSSR count). The summed E-state index contributed by atoms with van der Waals surface area (Å²) in [5, 5.41) is 3.41. The minimum Gasteiger partial charge on any atom is -0.368 e. The van der Waals surface area contributed by atoms with Crippen LogP contribution < -0.4 is 11.1 Å².